The summed E-state index contributed by atoms with van der Waals surface area (Å²) in [5.41, 5.74) is 4.77. The van der Waals surface area contributed by atoms with Crippen LogP contribution in [0.3, 0.4) is 0 Å². The minimum Gasteiger partial charge on any atom is -0.504 e. The summed E-state index contributed by atoms with van der Waals surface area (Å²) in [6, 6.07) is 21.2. The molecule has 1 aliphatic heterocycles. The third kappa shape index (κ3) is 4.25. The van der Waals surface area contributed by atoms with Gasteiger partial charge in [-0.3, -0.25) is 10.1 Å². The molecule has 31 heavy (non-hydrogen) atoms. The van der Waals surface area contributed by atoms with Gasteiger partial charge in [-0.25, -0.2) is 0 Å². The number of nitrogens with zero attached hydrogens (tertiary/aromatic N) is 2. The highest BCUT2D eigenvalue weighted by molar-refractivity contribution is 5.48. The Balaban J connectivity index is 1.73. The number of ether oxygens (including phenoxy) is 1. The lowest BCUT2D eigenvalue weighted by Crippen LogP contribution is -2.51. The third-order valence-electron chi connectivity index (χ3n) is 6.41. The maximum Gasteiger partial charge on any atom is 0.269 e. The Hall–Kier alpha value is -3.38. The number of aromatic hydroxyl groups is 1. The van der Waals surface area contributed by atoms with Crippen molar-refractivity contribution >= 4 is 5.69 Å². The van der Waals surface area contributed by atoms with Gasteiger partial charge < -0.3 is 14.3 Å². The van der Waals surface area contributed by atoms with Gasteiger partial charge in [0.15, 0.2) is 11.5 Å². The second-order valence-corrected chi connectivity index (χ2v) is 8.46. The van der Waals surface area contributed by atoms with Crippen LogP contribution in [0.4, 0.5) is 5.69 Å². The van der Waals surface area contributed by atoms with Crippen LogP contribution < -0.4 is 4.74 Å². The van der Waals surface area contributed by atoms with Gasteiger partial charge in [-0.15, -0.1) is 0 Å². The monoisotopic (exact) mass is 419 g/mol. The largest absolute Gasteiger partial charge is 0.504 e. The average Bonchev–Trinajstić information content (AvgIpc) is 2.77. The van der Waals surface area contributed by atoms with Gasteiger partial charge in [0.2, 0.25) is 0 Å². The normalized spacial score (nSPS) is 20.1. The van der Waals surface area contributed by atoms with E-state index >= 15 is 0 Å². The van der Waals surface area contributed by atoms with E-state index in [4.69, 9.17) is 4.74 Å². The number of rotatable bonds is 6. The number of phenols is 1. The van der Waals surface area contributed by atoms with Gasteiger partial charge in [-0.05, 0) is 35.4 Å². The number of hydrogen-bond acceptors (Lipinski definition) is 4. The smallest absolute Gasteiger partial charge is 0.269 e. The number of nitro groups is 1. The zero-order valence-electron chi connectivity index (χ0n) is 17.8. The average molecular weight is 420 g/mol. The maximum atomic E-state index is 11.0. The Morgan fingerprint density at radius 2 is 1.81 bits per heavy atom. The molecule has 0 amide bonds. The lowest BCUT2D eigenvalue weighted by atomic mass is 9.86. The molecule has 1 N–H and O–H groups in total. The molecule has 0 aromatic heterocycles. The first-order valence-electron chi connectivity index (χ1n) is 10.4. The molecule has 0 aliphatic carbocycles. The highest BCUT2D eigenvalue weighted by atomic mass is 16.6. The van der Waals surface area contributed by atoms with E-state index in [9.17, 15) is 15.2 Å². The van der Waals surface area contributed by atoms with Crippen molar-refractivity contribution in [1.82, 2.24) is 0 Å². The van der Waals surface area contributed by atoms with Gasteiger partial charge in [0, 0.05) is 36.1 Å². The fourth-order valence-corrected chi connectivity index (χ4v) is 4.68. The summed E-state index contributed by atoms with van der Waals surface area (Å²) < 4.78 is 6.18. The molecular formula is C25H27N2O4+. The number of nitro benzene ring substituents is 1. The predicted octanol–water partition coefficient (Wildman–Crippen LogP) is 4.80. The van der Waals surface area contributed by atoms with E-state index in [-0.39, 0.29) is 22.4 Å². The van der Waals surface area contributed by atoms with E-state index < -0.39 is 0 Å². The maximum absolute atomic E-state index is 11.0. The molecule has 0 radical (unpaired) electrons. The Labute approximate surface area is 182 Å². The summed E-state index contributed by atoms with van der Waals surface area (Å²) in [4.78, 5) is 10.6. The SMILES string of the molecule is COc1cc2c(cc1O)CC[N@@+](C)(Cc1ccc([N+](=O)[O-])cc1)[C@@H]2Cc1ccccc1. The summed E-state index contributed by atoms with van der Waals surface area (Å²) in [5, 5.41) is 21.3. The first kappa shape index (κ1) is 20.9. The van der Waals surface area contributed by atoms with Crippen LogP contribution in [-0.2, 0) is 19.4 Å². The van der Waals surface area contributed by atoms with Crippen LogP contribution in [-0.4, -0.2) is 35.2 Å². The first-order chi connectivity index (χ1) is 14.9. The number of fused-ring (bicyclic) bond motifs is 1. The van der Waals surface area contributed by atoms with Crippen LogP contribution in [0.25, 0.3) is 0 Å². The van der Waals surface area contributed by atoms with E-state index in [0.29, 0.717) is 5.75 Å². The van der Waals surface area contributed by atoms with Crippen molar-refractivity contribution < 1.29 is 19.2 Å². The fourth-order valence-electron chi connectivity index (χ4n) is 4.68. The summed E-state index contributed by atoms with van der Waals surface area (Å²) >= 11 is 0. The minimum atomic E-state index is -0.367. The van der Waals surface area contributed by atoms with Gasteiger partial charge >= 0.3 is 0 Å². The Kier molecular flexibility index (Phi) is 5.65. The number of hydrogen-bond donors (Lipinski definition) is 1. The standard InChI is InChI=1S/C25H26N2O4/c1-27(17-19-8-10-21(11-9-19)26(29)30)13-12-20-15-24(28)25(31-2)16-22(20)23(27)14-18-6-4-3-5-7-18/h3-11,15-16,23H,12-14,17H2,1-2H3/p+1/t23-,27+/m1/s1. The van der Waals surface area contributed by atoms with Crippen LogP contribution in [0.5, 0.6) is 11.5 Å². The number of quaternary nitrogens is 1. The number of methoxy groups -OCH3 is 1. The first-order valence-corrected chi connectivity index (χ1v) is 10.4. The highest BCUT2D eigenvalue weighted by Gasteiger charge is 2.40. The van der Waals surface area contributed by atoms with Crippen LogP contribution >= 0.6 is 0 Å². The van der Waals surface area contributed by atoms with E-state index in [2.05, 4.69) is 31.3 Å². The van der Waals surface area contributed by atoms with E-state index in [1.807, 2.05) is 30.3 Å². The predicted molar refractivity (Wildman–Crippen MR) is 119 cm³/mol. The molecule has 3 aromatic carbocycles. The molecule has 0 saturated heterocycles. The van der Waals surface area contributed by atoms with Crippen molar-refractivity contribution in [2.45, 2.75) is 25.4 Å². The summed E-state index contributed by atoms with van der Waals surface area (Å²) in [5.74, 6) is 0.659. The number of likely N-dealkylation sites (N-methyl/N-ethyl adjacent to an activating group) is 1. The molecule has 3 aromatic rings. The molecule has 0 bridgehead atoms. The van der Waals surface area contributed by atoms with Crippen molar-refractivity contribution in [3.8, 4) is 11.5 Å². The van der Waals surface area contributed by atoms with Crippen LogP contribution in [0, 0.1) is 10.1 Å². The quantitative estimate of drug-likeness (QED) is 0.354. The van der Waals surface area contributed by atoms with Crippen molar-refractivity contribution in [3.63, 3.8) is 0 Å². The fraction of sp³-hybridized carbons (Fsp3) is 0.280. The summed E-state index contributed by atoms with van der Waals surface area (Å²) in [6.07, 6.45) is 1.70. The van der Waals surface area contributed by atoms with E-state index in [1.165, 1.54) is 11.1 Å². The molecule has 0 saturated carbocycles. The lowest BCUT2D eigenvalue weighted by molar-refractivity contribution is -0.954. The zero-order chi connectivity index (χ0) is 22.0. The summed E-state index contributed by atoms with van der Waals surface area (Å²) in [7, 11) is 3.82. The topological polar surface area (TPSA) is 72.6 Å². The van der Waals surface area contributed by atoms with E-state index in [0.717, 1.165) is 41.5 Å². The summed E-state index contributed by atoms with van der Waals surface area (Å²) in [6.45, 7) is 1.67. The van der Waals surface area contributed by atoms with Gasteiger partial charge in [0.25, 0.3) is 5.69 Å². The molecule has 160 valence electrons. The molecule has 6 nitrogen and oxygen atoms in total. The molecular weight excluding hydrogens is 392 g/mol. The zero-order valence-corrected chi connectivity index (χ0v) is 17.8. The molecule has 2 atom stereocenters. The molecule has 1 heterocycles. The lowest BCUT2D eigenvalue weighted by Gasteiger charge is -2.46. The van der Waals surface area contributed by atoms with Crippen LogP contribution in [0.15, 0.2) is 66.7 Å². The van der Waals surface area contributed by atoms with Gasteiger partial charge in [0.1, 0.15) is 12.6 Å². The Morgan fingerprint density at radius 1 is 1.10 bits per heavy atom. The minimum absolute atomic E-state index is 0.108. The second-order valence-electron chi connectivity index (χ2n) is 8.46. The van der Waals surface area contributed by atoms with Gasteiger partial charge in [-0.2, -0.15) is 0 Å². The molecule has 0 fully saturated rings. The number of phenolic OH excluding ortho intramolecular Hbond substituents is 1. The molecule has 1 aliphatic rings. The molecule has 0 unspecified atom stereocenters. The number of benzene rings is 3. The molecule has 4 rings (SSSR count). The Bertz CT molecular complexity index is 1080. The van der Waals surface area contributed by atoms with Crippen molar-refractivity contribution in [2.75, 3.05) is 20.7 Å². The van der Waals surface area contributed by atoms with Crippen molar-refractivity contribution in [3.05, 3.63) is 99.1 Å². The van der Waals surface area contributed by atoms with E-state index in [1.54, 1.807) is 19.2 Å². The Morgan fingerprint density at radius 3 is 2.45 bits per heavy atom. The van der Waals surface area contributed by atoms with Crippen molar-refractivity contribution in [1.29, 1.82) is 0 Å². The van der Waals surface area contributed by atoms with Crippen LogP contribution in [0.1, 0.15) is 28.3 Å². The molecule has 0 spiro atoms. The van der Waals surface area contributed by atoms with Gasteiger partial charge in [0.05, 0.1) is 25.6 Å². The van der Waals surface area contributed by atoms with Crippen LogP contribution in [0.2, 0.25) is 0 Å². The highest BCUT2D eigenvalue weighted by Crippen LogP contribution is 2.43. The van der Waals surface area contributed by atoms with Gasteiger partial charge in [-0.1, -0.05) is 30.3 Å². The number of non-ortho nitro benzene ring substituents is 1. The second kappa shape index (κ2) is 8.40. The van der Waals surface area contributed by atoms with Crippen molar-refractivity contribution in [2.24, 2.45) is 0 Å². The molecule has 6 heteroatoms. The third-order valence-corrected chi connectivity index (χ3v) is 6.41.